The Bertz CT molecular complexity index is 602. The molecule has 2 rings (SSSR count). The Morgan fingerprint density at radius 1 is 1.35 bits per heavy atom. The zero-order valence-corrected chi connectivity index (χ0v) is 11.5. The van der Waals surface area contributed by atoms with Crippen molar-refractivity contribution in [3.8, 4) is 6.07 Å². The molecule has 0 saturated heterocycles. The van der Waals surface area contributed by atoms with Crippen LogP contribution in [0.1, 0.15) is 30.4 Å². The summed E-state index contributed by atoms with van der Waals surface area (Å²) in [6.45, 7) is 2.96. The number of hydrogen-bond acceptors (Lipinski definition) is 4. The molecule has 3 N–H and O–H groups in total. The van der Waals surface area contributed by atoms with Crippen LogP contribution >= 0.6 is 0 Å². The Hall–Kier alpha value is -2.54. The number of nitrogens with two attached hydrogens (primary N) is 1. The molecule has 20 heavy (non-hydrogen) atoms. The zero-order chi connectivity index (χ0) is 14.4. The Kier molecular flexibility index (Phi) is 4.56. The molecule has 0 spiro atoms. The van der Waals surface area contributed by atoms with Crippen molar-refractivity contribution in [2.75, 3.05) is 17.6 Å². The summed E-state index contributed by atoms with van der Waals surface area (Å²) >= 11 is 0. The summed E-state index contributed by atoms with van der Waals surface area (Å²) in [5, 5.41) is 12.2. The number of rotatable bonds is 5. The fourth-order valence-corrected chi connectivity index (χ4v) is 2.06. The van der Waals surface area contributed by atoms with Crippen molar-refractivity contribution in [2.45, 2.75) is 19.3 Å². The minimum Gasteiger partial charge on any atom is -0.397 e. The number of nitriles is 1. The molecule has 1 heterocycles. The summed E-state index contributed by atoms with van der Waals surface area (Å²) in [7, 11) is 0. The quantitative estimate of drug-likeness (QED) is 0.871. The number of hydrogen-bond donors (Lipinski definition) is 2. The summed E-state index contributed by atoms with van der Waals surface area (Å²) in [5.41, 5.74) is 7.92. The third-order valence-corrected chi connectivity index (χ3v) is 3.27. The molecule has 2 aromatic rings. The molecule has 0 aliphatic carbocycles. The largest absolute Gasteiger partial charge is 0.397 e. The van der Waals surface area contributed by atoms with Crippen molar-refractivity contribution >= 4 is 11.5 Å². The van der Waals surface area contributed by atoms with Gasteiger partial charge in [0, 0.05) is 6.54 Å². The molecule has 102 valence electrons. The molecule has 1 aromatic heterocycles. The first-order chi connectivity index (χ1) is 9.70. The zero-order valence-electron chi connectivity index (χ0n) is 11.5. The minimum atomic E-state index is 0.461. The summed E-state index contributed by atoms with van der Waals surface area (Å²) in [6, 6.07) is 14.1. The number of nitrogen functional groups attached to an aromatic ring is 1. The van der Waals surface area contributed by atoms with Gasteiger partial charge in [-0.25, -0.2) is 4.98 Å². The minimum absolute atomic E-state index is 0.461. The summed E-state index contributed by atoms with van der Waals surface area (Å²) in [6.07, 6.45) is 2.53. The van der Waals surface area contributed by atoms with Crippen LogP contribution in [0.4, 0.5) is 11.5 Å². The van der Waals surface area contributed by atoms with Gasteiger partial charge in [0.2, 0.25) is 0 Å². The molecule has 0 aliphatic heterocycles. The maximum Gasteiger partial charge on any atom is 0.144 e. The molecular formula is C16H18N4. The van der Waals surface area contributed by atoms with E-state index in [1.54, 1.807) is 12.3 Å². The van der Waals surface area contributed by atoms with Crippen molar-refractivity contribution in [1.29, 1.82) is 5.26 Å². The molecule has 0 amide bonds. The molecule has 0 radical (unpaired) electrons. The molecule has 1 unspecified atom stereocenters. The van der Waals surface area contributed by atoms with E-state index in [2.05, 4.69) is 47.6 Å². The number of aromatic nitrogens is 1. The number of nitrogens with zero attached hydrogens (tertiary/aromatic N) is 2. The van der Waals surface area contributed by atoms with Crippen LogP contribution in [0.2, 0.25) is 0 Å². The molecule has 0 aliphatic rings. The van der Waals surface area contributed by atoms with E-state index in [0.29, 0.717) is 23.0 Å². The topological polar surface area (TPSA) is 74.7 Å². The van der Waals surface area contributed by atoms with Crippen molar-refractivity contribution in [3.05, 3.63) is 53.7 Å². The van der Waals surface area contributed by atoms with Crippen LogP contribution in [0.25, 0.3) is 0 Å². The number of nitrogens with one attached hydrogen (secondary N) is 1. The van der Waals surface area contributed by atoms with Gasteiger partial charge < -0.3 is 11.1 Å². The third-order valence-electron chi connectivity index (χ3n) is 3.27. The second-order valence-corrected chi connectivity index (χ2v) is 4.80. The predicted octanol–water partition coefficient (Wildman–Crippen LogP) is 3.14. The first-order valence-corrected chi connectivity index (χ1v) is 6.65. The molecule has 1 atom stereocenters. The normalized spacial score (nSPS) is 11.6. The third kappa shape index (κ3) is 3.48. The lowest BCUT2D eigenvalue weighted by Crippen LogP contribution is -2.08. The standard InChI is InChI=1S/C16H18N4/c1-12(13-5-3-2-4-6-13)7-8-19-16-14(10-17)9-15(18)11-20-16/h2-6,9,11-12H,7-8,18H2,1H3,(H,19,20). The van der Waals surface area contributed by atoms with E-state index in [0.717, 1.165) is 13.0 Å². The smallest absolute Gasteiger partial charge is 0.144 e. The molecule has 0 saturated carbocycles. The van der Waals surface area contributed by atoms with Gasteiger partial charge >= 0.3 is 0 Å². The van der Waals surface area contributed by atoms with Crippen LogP contribution in [-0.4, -0.2) is 11.5 Å². The van der Waals surface area contributed by atoms with Gasteiger partial charge in [-0.3, -0.25) is 0 Å². The van der Waals surface area contributed by atoms with Crippen LogP contribution in [0.15, 0.2) is 42.6 Å². The van der Waals surface area contributed by atoms with Gasteiger partial charge in [-0.15, -0.1) is 0 Å². The molecule has 4 nitrogen and oxygen atoms in total. The lowest BCUT2D eigenvalue weighted by molar-refractivity contribution is 0.705. The highest BCUT2D eigenvalue weighted by Crippen LogP contribution is 2.19. The number of benzene rings is 1. The molecular weight excluding hydrogens is 248 g/mol. The second kappa shape index (κ2) is 6.58. The van der Waals surface area contributed by atoms with Crippen molar-refractivity contribution in [3.63, 3.8) is 0 Å². The van der Waals surface area contributed by atoms with Gasteiger partial charge in [0.1, 0.15) is 11.9 Å². The van der Waals surface area contributed by atoms with Gasteiger partial charge in [-0.1, -0.05) is 37.3 Å². The van der Waals surface area contributed by atoms with Crippen LogP contribution in [-0.2, 0) is 0 Å². The van der Waals surface area contributed by atoms with Gasteiger partial charge in [-0.2, -0.15) is 5.26 Å². The van der Waals surface area contributed by atoms with E-state index < -0.39 is 0 Å². The first-order valence-electron chi connectivity index (χ1n) is 6.65. The van der Waals surface area contributed by atoms with Crippen LogP contribution in [0.5, 0.6) is 0 Å². The average molecular weight is 266 g/mol. The fourth-order valence-electron chi connectivity index (χ4n) is 2.06. The van der Waals surface area contributed by atoms with Crippen molar-refractivity contribution in [1.82, 2.24) is 4.98 Å². The fraction of sp³-hybridized carbons (Fsp3) is 0.250. The Labute approximate surface area is 119 Å². The maximum atomic E-state index is 9.04. The highest BCUT2D eigenvalue weighted by atomic mass is 15.0. The SMILES string of the molecule is CC(CCNc1ncc(N)cc1C#N)c1ccccc1. The summed E-state index contributed by atoms with van der Waals surface area (Å²) in [4.78, 5) is 4.16. The van der Waals surface area contributed by atoms with Crippen LogP contribution < -0.4 is 11.1 Å². The summed E-state index contributed by atoms with van der Waals surface area (Å²) < 4.78 is 0. The Morgan fingerprint density at radius 3 is 2.80 bits per heavy atom. The van der Waals surface area contributed by atoms with Crippen LogP contribution in [0, 0.1) is 11.3 Å². The average Bonchev–Trinajstić information content (AvgIpc) is 2.49. The van der Waals surface area contributed by atoms with E-state index in [1.165, 1.54) is 5.56 Å². The van der Waals surface area contributed by atoms with Gasteiger partial charge in [-0.05, 0) is 24.0 Å². The van der Waals surface area contributed by atoms with E-state index in [9.17, 15) is 0 Å². The van der Waals surface area contributed by atoms with Crippen LogP contribution in [0.3, 0.4) is 0 Å². The summed E-state index contributed by atoms with van der Waals surface area (Å²) in [5.74, 6) is 1.06. The molecule has 0 bridgehead atoms. The lowest BCUT2D eigenvalue weighted by atomic mass is 9.98. The maximum absolute atomic E-state index is 9.04. The number of anilines is 2. The lowest BCUT2D eigenvalue weighted by Gasteiger charge is -2.13. The van der Waals surface area contributed by atoms with E-state index >= 15 is 0 Å². The van der Waals surface area contributed by atoms with E-state index in [4.69, 9.17) is 11.0 Å². The highest BCUT2D eigenvalue weighted by Gasteiger charge is 2.07. The monoisotopic (exact) mass is 266 g/mol. The molecule has 0 fully saturated rings. The first kappa shape index (κ1) is 13.9. The van der Waals surface area contributed by atoms with E-state index in [1.807, 2.05) is 6.07 Å². The van der Waals surface area contributed by atoms with Gasteiger partial charge in [0.15, 0.2) is 0 Å². The van der Waals surface area contributed by atoms with Crippen molar-refractivity contribution in [2.24, 2.45) is 0 Å². The van der Waals surface area contributed by atoms with Crippen molar-refractivity contribution < 1.29 is 0 Å². The number of pyridine rings is 1. The molecule has 1 aromatic carbocycles. The molecule has 4 heteroatoms. The Balaban J connectivity index is 1.92. The highest BCUT2D eigenvalue weighted by molar-refractivity contribution is 5.57. The van der Waals surface area contributed by atoms with Gasteiger partial charge in [0.05, 0.1) is 17.4 Å². The Morgan fingerprint density at radius 2 is 2.10 bits per heavy atom. The predicted molar refractivity (Wildman–Crippen MR) is 81.3 cm³/mol. The van der Waals surface area contributed by atoms with E-state index in [-0.39, 0.29) is 0 Å². The van der Waals surface area contributed by atoms with Gasteiger partial charge in [0.25, 0.3) is 0 Å². The second-order valence-electron chi connectivity index (χ2n) is 4.80.